The number of nitro groups is 1. The van der Waals surface area contributed by atoms with Crippen LogP contribution < -0.4 is 16.8 Å². The predicted octanol–water partition coefficient (Wildman–Crippen LogP) is 0.648. The first-order valence-electron chi connectivity index (χ1n) is 6.27. The zero-order valence-corrected chi connectivity index (χ0v) is 10.3. The van der Waals surface area contributed by atoms with Crippen molar-refractivity contribution < 1.29 is 4.92 Å². The molecule has 100 valence electrons. The number of nitrogens with two attached hydrogens (primary N) is 2. The number of amidine groups is 1. The van der Waals surface area contributed by atoms with Crippen LogP contribution in [0.25, 0.3) is 0 Å². The van der Waals surface area contributed by atoms with Crippen LogP contribution in [-0.4, -0.2) is 16.5 Å². The van der Waals surface area contributed by atoms with Gasteiger partial charge in [0.05, 0.1) is 11.1 Å². The van der Waals surface area contributed by atoms with Gasteiger partial charge in [0.1, 0.15) is 0 Å². The average Bonchev–Trinajstić information content (AvgIpc) is 2.29. The zero-order valence-electron chi connectivity index (χ0n) is 10.3. The van der Waals surface area contributed by atoms with Gasteiger partial charge in [0, 0.05) is 6.42 Å². The quantitative estimate of drug-likeness (QED) is 0.504. The molecule has 1 aliphatic heterocycles. The molecule has 0 amide bonds. The first-order valence-corrected chi connectivity index (χ1v) is 6.27. The molecule has 0 aromatic rings. The summed E-state index contributed by atoms with van der Waals surface area (Å²) in [6.07, 6.45) is 7.91. The fourth-order valence-electron chi connectivity index (χ4n) is 2.65. The topological polar surface area (TPSA) is 120 Å². The summed E-state index contributed by atoms with van der Waals surface area (Å²) in [6, 6.07) is 0. The van der Waals surface area contributed by atoms with E-state index in [4.69, 9.17) is 11.5 Å². The molecule has 7 nitrogen and oxygen atoms in total. The van der Waals surface area contributed by atoms with Gasteiger partial charge >= 0.3 is 5.70 Å². The molecule has 1 fully saturated rings. The van der Waals surface area contributed by atoms with Gasteiger partial charge in [-0.3, -0.25) is 15.8 Å². The van der Waals surface area contributed by atoms with Crippen molar-refractivity contribution in [2.24, 2.45) is 22.4 Å². The molecule has 18 heavy (non-hydrogen) atoms. The van der Waals surface area contributed by atoms with Crippen LogP contribution >= 0.6 is 0 Å². The van der Waals surface area contributed by atoms with Gasteiger partial charge in [-0.1, -0.05) is 32.1 Å². The number of hydrogen-bond acceptors (Lipinski definition) is 6. The lowest BCUT2D eigenvalue weighted by molar-refractivity contribution is -0.416. The summed E-state index contributed by atoms with van der Waals surface area (Å²) in [5.74, 6) is -0.582. The monoisotopic (exact) mass is 253 g/mol. The molecular formula is C11H19N5O2. The van der Waals surface area contributed by atoms with E-state index in [2.05, 4.69) is 10.3 Å². The normalized spacial score (nSPS) is 29.2. The van der Waals surface area contributed by atoms with Crippen LogP contribution in [0.2, 0.25) is 0 Å². The molecule has 1 atom stereocenters. The Morgan fingerprint density at radius 1 is 1.50 bits per heavy atom. The SMILES string of the molecule is NC1=NC(N)(CC2CCCCC2)NC=C1[N+](=O)[O-]. The van der Waals surface area contributed by atoms with Crippen LogP contribution in [0, 0.1) is 16.0 Å². The fraction of sp³-hybridized carbons (Fsp3) is 0.727. The summed E-state index contributed by atoms with van der Waals surface area (Å²) < 4.78 is 0. The van der Waals surface area contributed by atoms with Crippen molar-refractivity contribution in [3.63, 3.8) is 0 Å². The van der Waals surface area contributed by atoms with Crippen LogP contribution in [0.1, 0.15) is 38.5 Å². The highest BCUT2D eigenvalue weighted by atomic mass is 16.6. The lowest BCUT2D eigenvalue weighted by Gasteiger charge is -2.33. The third-order valence-corrected chi connectivity index (χ3v) is 3.56. The Morgan fingerprint density at radius 3 is 2.72 bits per heavy atom. The van der Waals surface area contributed by atoms with E-state index in [0.717, 1.165) is 12.8 Å². The van der Waals surface area contributed by atoms with Gasteiger partial charge in [-0.05, 0) is 5.92 Å². The molecule has 2 aliphatic rings. The molecule has 0 bridgehead atoms. The first kappa shape index (κ1) is 12.8. The summed E-state index contributed by atoms with van der Waals surface area (Å²) in [6.45, 7) is 0. The molecule has 0 aromatic heterocycles. The minimum atomic E-state index is -0.994. The van der Waals surface area contributed by atoms with Crippen LogP contribution in [0.4, 0.5) is 0 Å². The largest absolute Gasteiger partial charge is 0.378 e. The van der Waals surface area contributed by atoms with E-state index in [0.29, 0.717) is 12.3 Å². The molecule has 1 heterocycles. The van der Waals surface area contributed by atoms with Crippen molar-refractivity contribution in [3.05, 3.63) is 22.0 Å². The number of nitrogens with one attached hydrogen (secondary N) is 1. The molecule has 1 aliphatic carbocycles. The summed E-state index contributed by atoms with van der Waals surface area (Å²) >= 11 is 0. The Bertz CT molecular complexity index is 400. The van der Waals surface area contributed by atoms with Gasteiger partial charge in [-0.15, -0.1) is 0 Å². The van der Waals surface area contributed by atoms with Gasteiger partial charge < -0.3 is 11.1 Å². The summed E-state index contributed by atoms with van der Waals surface area (Å²) in [7, 11) is 0. The predicted molar refractivity (Wildman–Crippen MR) is 67.9 cm³/mol. The average molecular weight is 253 g/mol. The smallest absolute Gasteiger partial charge is 0.326 e. The number of nitrogens with zero attached hydrogens (tertiary/aromatic N) is 2. The van der Waals surface area contributed by atoms with Gasteiger partial charge in [0.15, 0.2) is 5.79 Å². The second-order valence-corrected chi connectivity index (χ2v) is 5.06. The van der Waals surface area contributed by atoms with Crippen molar-refractivity contribution in [2.45, 2.75) is 44.3 Å². The van der Waals surface area contributed by atoms with E-state index in [1.807, 2.05) is 0 Å². The van der Waals surface area contributed by atoms with Crippen LogP contribution in [0.5, 0.6) is 0 Å². The summed E-state index contributed by atoms with van der Waals surface area (Å²) in [5, 5.41) is 13.5. The molecule has 1 unspecified atom stereocenters. The number of rotatable bonds is 3. The Morgan fingerprint density at radius 2 is 2.17 bits per heavy atom. The van der Waals surface area contributed by atoms with Crippen molar-refractivity contribution in [1.29, 1.82) is 0 Å². The molecular weight excluding hydrogens is 234 g/mol. The van der Waals surface area contributed by atoms with Crippen molar-refractivity contribution >= 4 is 5.84 Å². The van der Waals surface area contributed by atoms with E-state index in [1.165, 1.54) is 25.5 Å². The van der Waals surface area contributed by atoms with E-state index >= 15 is 0 Å². The highest BCUT2D eigenvalue weighted by Crippen LogP contribution is 2.30. The van der Waals surface area contributed by atoms with E-state index in [9.17, 15) is 10.1 Å². The molecule has 1 saturated carbocycles. The third-order valence-electron chi connectivity index (χ3n) is 3.56. The molecule has 0 spiro atoms. The Hall–Kier alpha value is -1.63. The first-order chi connectivity index (χ1) is 8.50. The molecule has 5 N–H and O–H groups in total. The molecule has 7 heteroatoms. The minimum Gasteiger partial charge on any atom is -0.378 e. The van der Waals surface area contributed by atoms with Crippen LogP contribution in [-0.2, 0) is 0 Å². The highest BCUT2D eigenvalue weighted by molar-refractivity contribution is 5.95. The summed E-state index contributed by atoms with van der Waals surface area (Å²) in [5.41, 5.74) is 11.5. The minimum absolute atomic E-state index is 0.0999. The Labute approximate surface area is 105 Å². The summed E-state index contributed by atoms with van der Waals surface area (Å²) in [4.78, 5) is 14.2. The Kier molecular flexibility index (Phi) is 3.51. The van der Waals surface area contributed by atoms with Crippen molar-refractivity contribution in [3.8, 4) is 0 Å². The van der Waals surface area contributed by atoms with E-state index in [1.54, 1.807) is 0 Å². The van der Waals surface area contributed by atoms with Crippen LogP contribution in [0.3, 0.4) is 0 Å². The van der Waals surface area contributed by atoms with Crippen molar-refractivity contribution in [2.75, 3.05) is 0 Å². The lowest BCUT2D eigenvalue weighted by atomic mass is 9.85. The molecule has 2 rings (SSSR count). The van der Waals surface area contributed by atoms with Crippen molar-refractivity contribution in [1.82, 2.24) is 5.32 Å². The van der Waals surface area contributed by atoms with Gasteiger partial charge in [-0.25, -0.2) is 4.99 Å². The standard InChI is InChI=1S/C11H19N5O2/c12-10-9(16(17)18)7-14-11(13,15-10)6-8-4-2-1-3-5-8/h7-8,14H,1-6,13H2,(H2,12,15). The Balaban J connectivity index is 2.03. The number of hydrogen-bond donors (Lipinski definition) is 3. The number of aliphatic imine (C=N–C) groups is 1. The molecule has 0 aromatic carbocycles. The molecule has 0 saturated heterocycles. The second kappa shape index (κ2) is 4.93. The van der Waals surface area contributed by atoms with E-state index in [-0.39, 0.29) is 11.5 Å². The third kappa shape index (κ3) is 2.79. The maximum atomic E-state index is 10.7. The van der Waals surface area contributed by atoms with Gasteiger partial charge in [-0.2, -0.15) is 0 Å². The van der Waals surface area contributed by atoms with Gasteiger partial charge in [0.2, 0.25) is 5.84 Å². The zero-order chi connectivity index (χ0) is 13.2. The highest BCUT2D eigenvalue weighted by Gasteiger charge is 2.34. The van der Waals surface area contributed by atoms with E-state index < -0.39 is 10.7 Å². The van der Waals surface area contributed by atoms with Crippen LogP contribution in [0.15, 0.2) is 16.9 Å². The lowest BCUT2D eigenvalue weighted by Crippen LogP contribution is -2.55. The molecule has 0 radical (unpaired) electrons. The maximum Gasteiger partial charge on any atom is 0.326 e. The fourth-order valence-corrected chi connectivity index (χ4v) is 2.65. The maximum absolute atomic E-state index is 10.7. The van der Waals surface area contributed by atoms with Gasteiger partial charge in [0.25, 0.3) is 0 Å². The second-order valence-electron chi connectivity index (χ2n) is 5.06.